The second kappa shape index (κ2) is 10.2. The molecule has 2 aromatic rings. The number of fused-ring (bicyclic) bond motifs is 4. The van der Waals surface area contributed by atoms with Crippen LogP contribution < -0.4 is 9.64 Å². The van der Waals surface area contributed by atoms with Gasteiger partial charge in [-0.3, -0.25) is 9.80 Å². The first-order valence-corrected chi connectivity index (χ1v) is 15.3. The van der Waals surface area contributed by atoms with E-state index in [0.717, 1.165) is 34.4 Å². The van der Waals surface area contributed by atoms with Gasteiger partial charge in [0.2, 0.25) is 0 Å². The fourth-order valence-corrected chi connectivity index (χ4v) is 8.28. The molecule has 3 atom stereocenters. The number of halogens is 1. The van der Waals surface area contributed by atoms with E-state index in [0.29, 0.717) is 36.4 Å². The fraction of sp³-hybridized carbons (Fsp3) is 0.538. The van der Waals surface area contributed by atoms with Crippen LogP contribution in [0.15, 0.2) is 30.3 Å². The van der Waals surface area contributed by atoms with Gasteiger partial charge in [0.15, 0.2) is 0 Å². The van der Waals surface area contributed by atoms with Gasteiger partial charge in [-0.05, 0) is 38.8 Å². The zero-order valence-electron chi connectivity index (χ0n) is 21.0. The second-order valence-corrected chi connectivity index (χ2v) is 13.4. The number of hydrogen-bond donors (Lipinski definition) is 0. The lowest BCUT2D eigenvalue weighted by molar-refractivity contribution is 0.0582. The van der Waals surface area contributed by atoms with Gasteiger partial charge in [-0.25, -0.2) is 9.59 Å². The van der Waals surface area contributed by atoms with Crippen molar-refractivity contribution in [3.8, 4) is 5.75 Å². The van der Waals surface area contributed by atoms with Gasteiger partial charge in [0.05, 0.1) is 11.7 Å². The Morgan fingerprint density at radius 2 is 1.75 bits per heavy atom. The molecular weight excluding hydrogens is 518 g/mol. The first-order valence-electron chi connectivity index (χ1n) is 12.2. The number of rotatable bonds is 2. The Morgan fingerprint density at radius 1 is 1.06 bits per heavy atom. The molecule has 0 spiro atoms. The average Bonchev–Trinajstić information content (AvgIpc) is 3.22. The highest BCUT2D eigenvalue weighted by molar-refractivity contribution is 8.76. The van der Waals surface area contributed by atoms with Gasteiger partial charge < -0.3 is 14.4 Å². The summed E-state index contributed by atoms with van der Waals surface area (Å²) in [6.07, 6.45) is -0.769. The molecule has 3 heterocycles. The minimum absolute atomic E-state index is 0.0426. The molecule has 0 aromatic heterocycles. The third-order valence-electron chi connectivity index (χ3n) is 7.03. The molecule has 10 heteroatoms. The molecule has 5 rings (SSSR count). The van der Waals surface area contributed by atoms with E-state index in [9.17, 15) is 9.59 Å². The van der Waals surface area contributed by atoms with Crippen LogP contribution in [0.2, 0.25) is 0 Å². The van der Waals surface area contributed by atoms with Crippen molar-refractivity contribution in [2.75, 3.05) is 49.0 Å². The van der Waals surface area contributed by atoms with Crippen LogP contribution in [0.25, 0.3) is 10.8 Å². The van der Waals surface area contributed by atoms with Crippen LogP contribution in [0, 0.1) is 0 Å². The van der Waals surface area contributed by atoms with Crippen LogP contribution in [-0.4, -0.2) is 83.7 Å². The summed E-state index contributed by atoms with van der Waals surface area (Å²) >= 11 is 6.36. The number of nitrogens with zero attached hydrogens (tertiary/aromatic N) is 3. The summed E-state index contributed by atoms with van der Waals surface area (Å²) in [6, 6.07) is 10.1. The largest absolute Gasteiger partial charge is 0.443 e. The zero-order valence-corrected chi connectivity index (χ0v) is 23.4. The molecule has 0 N–H and O–H groups in total. The summed E-state index contributed by atoms with van der Waals surface area (Å²) < 4.78 is 11.8. The number of carbonyl (C=O) groups excluding carboxylic acids is 2. The van der Waals surface area contributed by atoms with E-state index in [4.69, 9.17) is 21.1 Å². The van der Waals surface area contributed by atoms with Gasteiger partial charge in [-0.1, -0.05) is 45.9 Å². The van der Waals surface area contributed by atoms with Crippen LogP contribution in [0.3, 0.4) is 0 Å². The Kier molecular flexibility index (Phi) is 7.29. The molecule has 0 radical (unpaired) electrons. The van der Waals surface area contributed by atoms with Gasteiger partial charge in [-0.15, -0.1) is 11.6 Å². The van der Waals surface area contributed by atoms with Crippen molar-refractivity contribution in [2.24, 2.45) is 0 Å². The first-order chi connectivity index (χ1) is 17.2. The van der Waals surface area contributed by atoms with Gasteiger partial charge in [0, 0.05) is 60.4 Å². The molecule has 0 saturated carbocycles. The number of amides is 2. The van der Waals surface area contributed by atoms with Crippen molar-refractivity contribution in [3.63, 3.8) is 0 Å². The third kappa shape index (κ3) is 4.87. The fourth-order valence-electron chi connectivity index (χ4n) is 5.27. The number of piperazine rings is 1. The minimum Gasteiger partial charge on any atom is -0.443 e. The molecular formula is C26H32ClN3O4S2. The van der Waals surface area contributed by atoms with Gasteiger partial charge >= 0.3 is 12.2 Å². The number of ether oxygens (including phenoxy) is 2. The third-order valence-corrected chi connectivity index (χ3v) is 9.84. The van der Waals surface area contributed by atoms with E-state index < -0.39 is 11.7 Å². The Bertz CT molecular complexity index is 1170. The van der Waals surface area contributed by atoms with E-state index in [1.165, 1.54) is 0 Å². The summed E-state index contributed by atoms with van der Waals surface area (Å²) in [5.74, 6) is 2.64. The number of benzene rings is 2. The molecule has 2 fully saturated rings. The maximum absolute atomic E-state index is 13.5. The lowest BCUT2D eigenvalue weighted by Crippen LogP contribution is -2.63. The maximum Gasteiger partial charge on any atom is 0.415 e. The molecule has 7 nitrogen and oxygen atoms in total. The van der Waals surface area contributed by atoms with Crippen LogP contribution in [0.5, 0.6) is 5.75 Å². The van der Waals surface area contributed by atoms with E-state index in [1.54, 1.807) is 4.90 Å². The topological polar surface area (TPSA) is 62.3 Å². The molecule has 2 saturated heterocycles. The van der Waals surface area contributed by atoms with Gasteiger partial charge in [-0.2, -0.15) is 0 Å². The van der Waals surface area contributed by atoms with E-state index in [-0.39, 0.29) is 18.1 Å². The standard InChI is InChI=1S/C26H32ClN3O4S2/c1-26(2,3)34-25(32)30-13-16(12-27)23-18-8-6-5-7-17(18)22(11-19(23)30)33-24(31)29-10-9-28(4)20-14-35-36-15-21(20)29/h5-8,11,16,20-21H,9-10,12-15H2,1-4H3/t16-,20-,21+/m1/s1. The van der Waals surface area contributed by atoms with Crippen molar-refractivity contribution in [1.82, 2.24) is 9.80 Å². The lowest BCUT2D eigenvalue weighted by atomic mass is 9.95. The van der Waals surface area contributed by atoms with Gasteiger partial charge in [0.1, 0.15) is 11.4 Å². The highest BCUT2D eigenvalue weighted by atomic mass is 35.5. The number of anilines is 1. The van der Waals surface area contributed by atoms with Gasteiger partial charge in [0.25, 0.3) is 0 Å². The average molecular weight is 550 g/mol. The van der Waals surface area contributed by atoms with E-state index in [1.807, 2.05) is 77.6 Å². The van der Waals surface area contributed by atoms with E-state index in [2.05, 4.69) is 11.9 Å². The van der Waals surface area contributed by atoms with Crippen molar-refractivity contribution >= 4 is 61.8 Å². The number of carbonyl (C=O) groups is 2. The van der Waals surface area contributed by atoms with Crippen LogP contribution in [-0.2, 0) is 4.74 Å². The molecule has 3 aliphatic rings. The van der Waals surface area contributed by atoms with Crippen LogP contribution in [0.1, 0.15) is 32.3 Å². The summed E-state index contributed by atoms with van der Waals surface area (Å²) in [5.41, 5.74) is 1.06. The summed E-state index contributed by atoms with van der Waals surface area (Å²) in [7, 11) is 5.80. The number of alkyl halides is 1. The Hall–Kier alpha value is -1.81. The summed E-state index contributed by atoms with van der Waals surface area (Å²) in [5, 5.41) is 1.78. The molecule has 0 bridgehead atoms. The molecule has 36 heavy (non-hydrogen) atoms. The minimum atomic E-state index is -0.628. The smallest absolute Gasteiger partial charge is 0.415 e. The molecule has 2 aromatic carbocycles. The second-order valence-electron chi connectivity index (χ2n) is 10.5. The monoisotopic (exact) mass is 549 g/mol. The summed E-state index contributed by atoms with van der Waals surface area (Å²) in [4.78, 5) is 32.5. The highest BCUT2D eigenvalue weighted by Crippen LogP contribution is 2.46. The predicted molar refractivity (Wildman–Crippen MR) is 149 cm³/mol. The lowest BCUT2D eigenvalue weighted by Gasteiger charge is -2.47. The van der Waals surface area contributed by atoms with E-state index >= 15 is 0 Å². The highest BCUT2D eigenvalue weighted by Gasteiger charge is 2.41. The quantitative estimate of drug-likeness (QED) is 0.347. The molecule has 194 valence electrons. The maximum atomic E-state index is 13.5. The molecule has 3 aliphatic heterocycles. The van der Waals surface area contributed by atoms with Crippen LogP contribution in [0.4, 0.5) is 15.3 Å². The zero-order chi connectivity index (χ0) is 25.6. The number of likely N-dealkylation sites (N-methyl/N-ethyl adjacent to an activating group) is 1. The molecule has 0 aliphatic carbocycles. The summed E-state index contributed by atoms with van der Waals surface area (Å²) in [6.45, 7) is 7.41. The Morgan fingerprint density at radius 3 is 2.44 bits per heavy atom. The Balaban J connectivity index is 1.51. The van der Waals surface area contributed by atoms with Crippen molar-refractivity contribution < 1.29 is 19.1 Å². The van der Waals surface area contributed by atoms with Crippen LogP contribution >= 0.6 is 33.2 Å². The van der Waals surface area contributed by atoms with Crippen molar-refractivity contribution in [2.45, 2.75) is 44.4 Å². The SMILES string of the molecule is CN1CCN(C(=O)Oc2cc3c(c4ccccc24)[C@H](CCl)CN3C(=O)OC(C)(C)C)[C@H]2CSSC[C@H]21. The molecule has 2 amide bonds. The predicted octanol–water partition coefficient (Wildman–Crippen LogP) is 5.80. The number of hydrogen-bond acceptors (Lipinski definition) is 7. The first kappa shape index (κ1) is 25.8. The normalized spacial score (nSPS) is 24.4. The van der Waals surface area contributed by atoms with Crippen molar-refractivity contribution in [1.29, 1.82) is 0 Å². The Labute approximate surface area is 225 Å². The van der Waals surface area contributed by atoms with Crippen molar-refractivity contribution in [3.05, 3.63) is 35.9 Å². The molecule has 0 unspecified atom stereocenters.